The van der Waals surface area contributed by atoms with Gasteiger partial charge in [-0.05, 0) is 69.8 Å². The lowest BCUT2D eigenvalue weighted by Crippen LogP contribution is -2.07. The molecule has 8 aromatic rings. The molecule has 8 rings (SSSR count). The van der Waals surface area contributed by atoms with E-state index in [4.69, 9.17) is 0 Å². The third-order valence-corrected chi connectivity index (χ3v) is 9.13. The fraction of sp³-hybridized carbons (Fsp3) is 0.0455. The molecule has 0 radical (unpaired) electrons. The fourth-order valence-corrected chi connectivity index (χ4v) is 6.74. The van der Waals surface area contributed by atoms with Gasteiger partial charge in [-0.3, -0.25) is 0 Å². The molecule has 2 aromatic heterocycles. The van der Waals surface area contributed by atoms with Crippen molar-refractivity contribution in [3.63, 3.8) is 0 Å². The number of nitrogens with zero attached hydrogens (tertiary/aromatic N) is 4. The van der Waals surface area contributed by atoms with Gasteiger partial charge in [-0.25, -0.2) is 9.36 Å². The molecule has 0 spiro atoms. The SMILES string of the molecule is FC(F)(F)c1cc(-c2ccccc2-c2ccccc2-c2ccccc2-c2ccccc2-c2cc(C(F)(F)F)nn2-c2ccccc2)n(-c2ccccc2)n1. The molecule has 10 heteroatoms. The first-order valence-electron chi connectivity index (χ1n) is 16.9. The van der Waals surface area contributed by atoms with Gasteiger partial charge in [0.1, 0.15) is 0 Å². The van der Waals surface area contributed by atoms with Crippen LogP contribution in [0.3, 0.4) is 0 Å². The molecule has 6 aromatic carbocycles. The van der Waals surface area contributed by atoms with Gasteiger partial charge < -0.3 is 0 Å². The van der Waals surface area contributed by atoms with Crippen molar-refractivity contribution in [2.75, 3.05) is 0 Å². The van der Waals surface area contributed by atoms with E-state index in [9.17, 15) is 26.3 Å². The van der Waals surface area contributed by atoms with Crippen LogP contribution in [0.25, 0.3) is 67.3 Å². The van der Waals surface area contributed by atoms with Crippen molar-refractivity contribution in [1.82, 2.24) is 19.6 Å². The van der Waals surface area contributed by atoms with E-state index in [0.29, 0.717) is 33.6 Å². The van der Waals surface area contributed by atoms with Crippen molar-refractivity contribution in [3.05, 3.63) is 181 Å². The molecule has 0 N–H and O–H groups in total. The minimum absolute atomic E-state index is 0.257. The first kappa shape index (κ1) is 34.4. The highest BCUT2D eigenvalue weighted by Crippen LogP contribution is 2.45. The number of halogens is 6. The van der Waals surface area contributed by atoms with E-state index in [2.05, 4.69) is 10.2 Å². The third-order valence-electron chi connectivity index (χ3n) is 9.13. The first-order chi connectivity index (χ1) is 26.1. The van der Waals surface area contributed by atoms with Gasteiger partial charge in [0.2, 0.25) is 0 Å². The van der Waals surface area contributed by atoms with E-state index >= 15 is 0 Å². The van der Waals surface area contributed by atoms with Crippen LogP contribution in [0.4, 0.5) is 26.3 Å². The van der Waals surface area contributed by atoms with Crippen LogP contribution in [0.15, 0.2) is 170 Å². The Bertz CT molecular complexity index is 2400. The van der Waals surface area contributed by atoms with E-state index in [0.717, 1.165) is 34.4 Å². The van der Waals surface area contributed by atoms with Gasteiger partial charge in [-0.15, -0.1) is 0 Å². The highest BCUT2D eigenvalue weighted by molar-refractivity contribution is 5.98. The molecule has 0 amide bonds. The average molecular weight is 727 g/mol. The summed E-state index contributed by atoms with van der Waals surface area (Å²) in [6.45, 7) is 0. The molecule has 266 valence electrons. The number of alkyl halides is 6. The second-order valence-corrected chi connectivity index (χ2v) is 12.5. The molecule has 0 saturated carbocycles. The Kier molecular flexibility index (Phi) is 8.73. The largest absolute Gasteiger partial charge is 0.435 e. The summed E-state index contributed by atoms with van der Waals surface area (Å²) in [4.78, 5) is 0. The monoisotopic (exact) mass is 726 g/mol. The Hall–Kier alpha value is -6.68. The molecule has 0 unspecified atom stereocenters. The van der Waals surface area contributed by atoms with Crippen LogP contribution < -0.4 is 0 Å². The molecular formula is C44H28F6N4. The second-order valence-electron chi connectivity index (χ2n) is 12.5. The summed E-state index contributed by atoms with van der Waals surface area (Å²) in [6, 6.07) is 49.0. The Morgan fingerprint density at radius 2 is 0.556 bits per heavy atom. The molecule has 2 heterocycles. The Morgan fingerprint density at radius 1 is 0.315 bits per heavy atom. The average Bonchev–Trinajstić information content (AvgIpc) is 3.86. The van der Waals surface area contributed by atoms with Crippen LogP contribution >= 0.6 is 0 Å². The van der Waals surface area contributed by atoms with Crippen LogP contribution in [-0.4, -0.2) is 19.6 Å². The number of rotatable bonds is 7. The fourth-order valence-electron chi connectivity index (χ4n) is 6.74. The second kappa shape index (κ2) is 13.7. The van der Waals surface area contributed by atoms with Gasteiger partial charge in [0, 0.05) is 11.1 Å². The molecule has 0 atom stereocenters. The lowest BCUT2D eigenvalue weighted by Gasteiger charge is -2.19. The summed E-state index contributed by atoms with van der Waals surface area (Å²) in [5, 5.41) is 7.99. The minimum atomic E-state index is -4.68. The predicted molar refractivity (Wildman–Crippen MR) is 198 cm³/mol. The maximum absolute atomic E-state index is 14.1. The van der Waals surface area contributed by atoms with Crippen molar-refractivity contribution < 1.29 is 26.3 Å². The number of hydrogen-bond acceptors (Lipinski definition) is 2. The molecule has 0 aliphatic carbocycles. The number of aromatic nitrogens is 4. The smallest absolute Gasteiger partial charge is 0.232 e. The number of hydrogen-bond donors (Lipinski definition) is 0. The van der Waals surface area contributed by atoms with E-state index in [1.165, 1.54) is 9.36 Å². The highest BCUT2D eigenvalue weighted by atomic mass is 19.4. The van der Waals surface area contributed by atoms with E-state index < -0.39 is 23.7 Å². The Labute approximate surface area is 306 Å². The molecule has 0 bridgehead atoms. The van der Waals surface area contributed by atoms with Crippen molar-refractivity contribution in [3.8, 4) is 67.3 Å². The topological polar surface area (TPSA) is 35.6 Å². The Balaban J connectivity index is 1.32. The van der Waals surface area contributed by atoms with Gasteiger partial charge in [-0.1, -0.05) is 133 Å². The minimum Gasteiger partial charge on any atom is -0.232 e. The van der Waals surface area contributed by atoms with Crippen LogP contribution in [0.1, 0.15) is 11.4 Å². The normalized spacial score (nSPS) is 11.9. The van der Waals surface area contributed by atoms with Crippen molar-refractivity contribution in [2.45, 2.75) is 12.4 Å². The highest BCUT2D eigenvalue weighted by Gasteiger charge is 2.37. The molecule has 4 nitrogen and oxygen atoms in total. The maximum Gasteiger partial charge on any atom is 0.435 e. The molecule has 54 heavy (non-hydrogen) atoms. The summed E-state index contributed by atoms with van der Waals surface area (Å²) in [6.07, 6.45) is -9.35. The number of benzene rings is 6. The van der Waals surface area contributed by atoms with E-state index in [1.807, 2.05) is 72.8 Å². The molecular weight excluding hydrogens is 698 g/mol. The summed E-state index contributed by atoms with van der Waals surface area (Å²) in [7, 11) is 0. The zero-order chi connectivity index (χ0) is 37.5. The summed E-state index contributed by atoms with van der Waals surface area (Å²) in [5.74, 6) is 0. The van der Waals surface area contributed by atoms with Crippen LogP contribution in [0.5, 0.6) is 0 Å². The predicted octanol–water partition coefficient (Wildman–Crippen LogP) is 12.4. The zero-order valence-electron chi connectivity index (χ0n) is 28.2. The van der Waals surface area contributed by atoms with Crippen molar-refractivity contribution >= 4 is 0 Å². The maximum atomic E-state index is 14.1. The number of para-hydroxylation sites is 2. The summed E-state index contributed by atoms with van der Waals surface area (Å²) < 4.78 is 87.4. The van der Waals surface area contributed by atoms with Crippen LogP contribution in [0, 0.1) is 0 Å². The molecule has 0 fully saturated rings. The third kappa shape index (κ3) is 6.47. The molecule has 0 aliphatic heterocycles. The molecule has 0 aliphatic rings. The molecule has 0 saturated heterocycles. The van der Waals surface area contributed by atoms with Crippen molar-refractivity contribution in [1.29, 1.82) is 0 Å². The quantitative estimate of drug-likeness (QED) is 0.153. The van der Waals surface area contributed by atoms with E-state index in [-0.39, 0.29) is 11.4 Å². The van der Waals surface area contributed by atoms with Gasteiger partial charge in [0.25, 0.3) is 0 Å². The Morgan fingerprint density at radius 3 is 0.833 bits per heavy atom. The summed E-state index contributed by atoms with van der Waals surface area (Å²) >= 11 is 0. The van der Waals surface area contributed by atoms with Crippen molar-refractivity contribution in [2.24, 2.45) is 0 Å². The zero-order valence-corrected chi connectivity index (χ0v) is 28.2. The first-order valence-corrected chi connectivity index (χ1v) is 16.9. The van der Waals surface area contributed by atoms with Gasteiger partial charge in [0.05, 0.1) is 22.8 Å². The van der Waals surface area contributed by atoms with Crippen LogP contribution in [0.2, 0.25) is 0 Å². The lowest BCUT2D eigenvalue weighted by molar-refractivity contribution is -0.142. The van der Waals surface area contributed by atoms with Gasteiger partial charge >= 0.3 is 12.4 Å². The summed E-state index contributed by atoms with van der Waals surface area (Å²) in [5.41, 5.74) is 4.81. The standard InChI is InChI=1S/C44H28F6N4/c45-43(46,47)41-27-39(53(51-41)29-15-3-1-4-16-29)37-25-13-11-23-35(37)33-21-9-7-19-31(33)32-20-8-10-22-34(32)36-24-12-14-26-38(36)40-28-42(44(48,49)50)52-54(40)30-17-5-2-6-18-30/h1-28H. The van der Waals surface area contributed by atoms with Gasteiger partial charge in [0.15, 0.2) is 11.4 Å². The van der Waals surface area contributed by atoms with Crippen LogP contribution in [-0.2, 0) is 12.4 Å². The van der Waals surface area contributed by atoms with E-state index in [1.54, 1.807) is 84.9 Å². The van der Waals surface area contributed by atoms with Gasteiger partial charge in [-0.2, -0.15) is 36.5 Å². The lowest BCUT2D eigenvalue weighted by atomic mass is 9.86.